The summed E-state index contributed by atoms with van der Waals surface area (Å²) in [6, 6.07) is -0.264. The summed E-state index contributed by atoms with van der Waals surface area (Å²) in [5.41, 5.74) is -0.464. The summed E-state index contributed by atoms with van der Waals surface area (Å²) in [5, 5.41) is 2.81. The van der Waals surface area contributed by atoms with Gasteiger partial charge in [0.1, 0.15) is 0 Å². The van der Waals surface area contributed by atoms with Crippen molar-refractivity contribution in [2.24, 2.45) is 0 Å². The van der Waals surface area contributed by atoms with Gasteiger partial charge < -0.3 is 28.1 Å². The Morgan fingerprint density at radius 2 is 1.82 bits per heavy atom. The van der Waals surface area contributed by atoms with Gasteiger partial charge in [-0.3, -0.25) is 0 Å². The second kappa shape index (κ2) is 7.90. The van der Waals surface area contributed by atoms with E-state index < -0.39 is 12.4 Å². The van der Waals surface area contributed by atoms with E-state index in [1.807, 2.05) is 0 Å². The molecule has 2 heterocycles. The standard InChI is InChI=1S/C14H24BF3N3O/c16-15(17,18)13-5-10-21(11-6-13)14(22)19-7-12-20-8-3-1-2-4-9-20/h5H,1-4,6-12H2,(H,19,22)/q-1. The first kappa shape index (κ1) is 17.2. The molecule has 0 aromatic heterocycles. The third-order valence-corrected chi connectivity index (χ3v) is 4.35. The van der Waals surface area contributed by atoms with Crippen LogP contribution in [-0.2, 0) is 0 Å². The molecule has 0 bridgehead atoms. The fourth-order valence-corrected chi connectivity index (χ4v) is 2.96. The maximum atomic E-state index is 12.6. The molecule has 2 amide bonds. The zero-order chi connectivity index (χ0) is 16.0. The predicted molar refractivity (Wildman–Crippen MR) is 81.7 cm³/mol. The molecule has 2 aliphatic rings. The van der Waals surface area contributed by atoms with Crippen molar-refractivity contribution in [3.05, 3.63) is 11.5 Å². The van der Waals surface area contributed by atoms with E-state index in [0.717, 1.165) is 25.7 Å². The highest BCUT2D eigenvalue weighted by atomic mass is 19.4. The lowest BCUT2D eigenvalue weighted by atomic mass is 9.76. The highest BCUT2D eigenvalue weighted by Crippen LogP contribution is 2.25. The number of nitrogens with one attached hydrogen (secondary N) is 1. The SMILES string of the molecule is O=C(NCCN1CCCCCC1)N1CC=C([B-](F)(F)F)CC1. The molecule has 2 rings (SSSR count). The Morgan fingerprint density at radius 1 is 1.14 bits per heavy atom. The lowest BCUT2D eigenvalue weighted by molar-refractivity contribution is 0.198. The highest BCUT2D eigenvalue weighted by molar-refractivity contribution is 6.66. The molecule has 0 aromatic rings. The molecule has 22 heavy (non-hydrogen) atoms. The Bertz CT molecular complexity index is 407. The van der Waals surface area contributed by atoms with E-state index in [4.69, 9.17) is 0 Å². The van der Waals surface area contributed by atoms with Gasteiger partial charge in [-0.1, -0.05) is 18.9 Å². The first-order valence-electron chi connectivity index (χ1n) is 8.11. The normalized spacial score (nSPS) is 21.2. The lowest BCUT2D eigenvalue weighted by Crippen LogP contribution is -2.45. The number of urea groups is 1. The van der Waals surface area contributed by atoms with Crippen molar-refractivity contribution >= 4 is 13.0 Å². The van der Waals surface area contributed by atoms with Crippen LogP contribution >= 0.6 is 0 Å². The van der Waals surface area contributed by atoms with E-state index in [1.165, 1.54) is 30.6 Å². The fraction of sp³-hybridized carbons (Fsp3) is 0.786. The van der Waals surface area contributed by atoms with Gasteiger partial charge in [0.2, 0.25) is 0 Å². The minimum absolute atomic E-state index is 0.0478. The molecule has 1 fully saturated rings. The Morgan fingerprint density at radius 3 is 2.36 bits per heavy atom. The molecule has 126 valence electrons. The first-order valence-corrected chi connectivity index (χ1v) is 8.11. The van der Waals surface area contributed by atoms with Crippen molar-refractivity contribution < 1.29 is 17.7 Å². The number of carbonyl (C=O) groups is 1. The van der Waals surface area contributed by atoms with Crippen LogP contribution in [0.2, 0.25) is 0 Å². The van der Waals surface area contributed by atoms with E-state index in [1.54, 1.807) is 0 Å². The molecular formula is C14H24BF3N3O-. The molecule has 1 saturated heterocycles. The Hall–Kier alpha value is -1.18. The number of rotatable bonds is 4. The van der Waals surface area contributed by atoms with Crippen LogP contribution in [0, 0.1) is 0 Å². The molecule has 1 N–H and O–H groups in total. The zero-order valence-corrected chi connectivity index (χ0v) is 12.9. The minimum atomic E-state index is -4.90. The molecular weight excluding hydrogens is 294 g/mol. The van der Waals surface area contributed by atoms with Crippen LogP contribution in [-0.4, -0.2) is 62.1 Å². The van der Waals surface area contributed by atoms with Gasteiger partial charge in [0.05, 0.1) is 0 Å². The summed E-state index contributed by atoms with van der Waals surface area (Å²) in [4.78, 5) is 15.7. The summed E-state index contributed by atoms with van der Waals surface area (Å²) in [7, 11) is 0. The van der Waals surface area contributed by atoms with Gasteiger partial charge in [0.15, 0.2) is 0 Å². The zero-order valence-electron chi connectivity index (χ0n) is 12.9. The van der Waals surface area contributed by atoms with Gasteiger partial charge >= 0.3 is 13.0 Å². The molecule has 4 nitrogen and oxygen atoms in total. The average Bonchev–Trinajstić information content (AvgIpc) is 2.75. The second-order valence-corrected chi connectivity index (χ2v) is 6.04. The molecule has 0 spiro atoms. The maximum Gasteiger partial charge on any atom is 0.505 e. The number of hydrogen-bond acceptors (Lipinski definition) is 2. The Balaban J connectivity index is 1.69. The largest absolute Gasteiger partial charge is 0.505 e. The molecule has 0 radical (unpaired) electrons. The minimum Gasteiger partial charge on any atom is -0.445 e. The fourth-order valence-electron chi connectivity index (χ4n) is 2.96. The third-order valence-electron chi connectivity index (χ3n) is 4.35. The van der Waals surface area contributed by atoms with Crippen molar-refractivity contribution in [1.82, 2.24) is 15.1 Å². The van der Waals surface area contributed by atoms with Crippen LogP contribution in [0.3, 0.4) is 0 Å². The van der Waals surface area contributed by atoms with Crippen LogP contribution in [0.25, 0.3) is 0 Å². The van der Waals surface area contributed by atoms with Gasteiger partial charge in [-0.05, 0) is 32.4 Å². The predicted octanol–water partition coefficient (Wildman–Crippen LogP) is 2.59. The number of hydrogen-bond donors (Lipinski definition) is 1. The van der Waals surface area contributed by atoms with E-state index in [2.05, 4.69) is 10.2 Å². The van der Waals surface area contributed by atoms with Gasteiger partial charge in [0, 0.05) is 26.2 Å². The van der Waals surface area contributed by atoms with Gasteiger partial charge in [-0.25, -0.2) is 4.79 Å². The number of halogens is 3. The summed E-state index contributed by atoms with van der Waals surface area (Å²) in [5.74, 6) is 0. The molecule has 0 saturated carbocycles. The molecule has 8 heteroatoms. The monoisotopic (exact) mass is 318 g/mol. The highest BCUT2D eigenvalue weighted by Gasteiger charge is 2.30. The topological polar surface area (TPSA) is 35.6 Å². The summed E-state index contributed by atoms with van der Waals surface area (Å²) < 4.78 is 37.7. The number of amides is 2. The summed E-state index contributed by atoms with van der Waals surface area (Å²) >= 11 is 0. The van der Waals surface area contributed by atoms with E-state index in [9.17, 15) is 17.7 Å². The maximum absolute atomic E-state index is 12.6. The van der Waals surface area contributed by atoms with Crippen molar-refractivity contribution in [3.63, 3.8) is 0 Å². The quantitative estimate of drug-likeness (QED) is 0.809. The molecule has 0 aromatic carbocycles. The van der Waals surface area contributed by atoms with Crippen LogP contribution in [0.1, 0.15) is 32.1 Å². The van der Waals surface area contributed by atoms with E-state index >= 15 is 0 Å². The van der Waals surface area contributed by atoms with Crippen LogP contribution in [0.5, 0.6) is 0 Å². The van der Waals surface area contributed by atoms with Crippen molar-refractivity contribution in [1.29, 1.82) is 0 Å². The molecule has 0 atom stereocenters. The summed E-state index contributed by atoms with van der Waals surface area (Å²) in [6.45, 7) is -1.21. The Labute approximate surface area is 129 Å². The van der Waals surface area contributed by atoms with Gasteiger partial charge in [-0.15, -0.1) is 5.47 Å². The number of carbonyl (C=O) groups excluding carboxylic acids is 1. The molecule has 0 unspecified atom stereocenters. The van der Waals surface area contributed by atoms with E-state index in [0.29, 0.717) is 6.54 Å². The molecule has 0 aliphatic carbocycles. The second-order valence-electron chi connectivity index (χ2n) is 6.04. The number of likely N-dealkylation sites (tertiary alicyclic amines) is 1. The Kier molecular flexibility index (Phi) is 6.17. The smallest absolute Gasteiger partial charge is 0.445 e. The van der Waals surface area contributed by atoms with Gasteiger partial charge in [-0.2, -0.15) is 0 Å². The van der Waals surface area contributed by atoms with Crippen molar-refractivity contribution in [2.75, 3.05) is 39.3 Å². The lowest BCUT2D eigenvalue weighted by Gasteiger charge is -2.31. The third kappa shape index (κ3) is 5.23. The number of nitrogens with zero attached hydrogens (tertiary/aromatic N) is 2. The van der Waals surface area contributed by atoms with Gasteiger partial charge in [0.25, 0.3) is 0 Å². The first-order chi connectivity index (χ1) is 10.5. The van der Waals surface area contributed by atoms with Crippen LogP contribution < -0.4 is 5.32 Å². The van der Waals surface area contributed by atoms with Crippen LogP contribution in [0.15, 0.2) is 11.5 Å². The van der Waals surface area contributed by atoms with Crippen molar-refractivity contribution in [3.8, 4) is 0 Å². The summed E-state index contributed by atoms with van der Waals surface area (Å²) in [6.07, 6.45) is 5.98. The molecule has 2 aliphatic heterocycles. The van der Waals surface area contributed by atoms with Crippen molar-refractivity contribution in [2.45, 2.75) is 32.1 Å². The van der Waals surface area contributed by atoms with E-state index in [-0.39, 0.29) is 25.5 Å². The average molecular weight is 318 g/mol. The van der Waals surface area contributed by atoms with Crippen LogP contribution in [0.4, 0.5) is 17.7 Å².